The van der Waals surface area contributed by atoms with Crippen LogP contribution in [0, 0.1) is 0 Å². The van der Waals surface area contributed by atoms with Crippen LogP contribution >= 0.6 is 11.3 Å². The lowest BCUT2D eigenvalue weighted by atomic mass is 10.1. The number of aromatic nitrogens is 2. The molecule has 2 atom stereocenters. The molecule has 1 saturated heterocycles. The second kappa shape index (κ2) is 6.60. The molecule has 9 heteroatoms. The third kappa shape index (κ3) is 3.00. The summed E-state index contributed by atoms with van der Waals surface area (Å²) in [7, 11) is 0. The Morgan fingerprint density at radius 2 is 2.04 bits per heavy atom. The number of benzene rings is 1. The van der Waals surface area contributed by atoms with Crippen molar-refractivity contribution < 1.29 is 24.6 Å². The van der Waals surface area contributed by atoms with E-state index in [1.165, 1.54) is 5.38 Å². The van der Waals surface area contributed by atoms with Gasteiger partial charge in [-0.1, -0.05) is 18.2 Å². The van der Waals surface area contributed by atoms with Gasteiger partial charge in [0.05, 0.1) is 11.7 Å². The van der Waals surface area contributed by atoms with Crippen LogP contribution in [0.4, 0.5) is 0 Å². The molecule has 1 aliphatic rings. The summed E-state index contributed by atoms with van der Waals surface area (Å²) in [5.41, 5.74) is 1.28. The number of thiazole rings is 1. The van der Waals surface area contributed by atoms with Gasteiger partial charge in [-0.05, 0) is 6.07 Å². The number of carbonyl (C=O) groups excluding carboxylic acids is 2. The van der Waals surface area contributed by atoms with Crippen LogP contribution in [0.1, 0.15) is 32.3 Å². The fourth-order valence-electron chi connectivity index (χ4n) is 3.27. The van der Waals surface area contributed by atoms with Gasteiger partial charge in [-0.2, -0.15) is 0 Å². The number of β-amino-alcohol motifs (C(OH)–C–C–N with tert-alkyl or cyclic N) is 1. The van der Waals surface area contributed by atoms with Gasteiger partial charge in [0.1, 0.15) is 11.7 Å². The summed E-state index contributed by atoms with van der Waals surface area (Å²) in [5, 5.41) is 21.3. The molecule has 0 unspecified atom stereocenters. The molecule has 1 fully saturated rings. The van der Waals surface area contributed by atoms with Crippen LogP contribution in [-0.4, -0.2) is 61.4 Å². The molecule has 1 amide bonds. The SMILES string of the molecule is O=C(c1nc(C(=O)N2C[C@H](O)C[C@H]2C(=O)O)cs1)c1c[nH]c2ccccc12. The molecule has 1 aliphatic heterocycles. The number of hydrogen-bond acceptors (Lipinski definition) is 6. The first kappa shape index (κ1) is 17.4. The number of fused-ring (bicyclic) bond motifs is 1. The molecule has 1 aromatic carbocycles. The van der Waals surface area contributed by atoms with Gasteiger partial charge in [-0.25, -0.2) is 9.78 Å². The Labute approximate surface area is 157 Å². The summed E-state index contributed by atoms with van der Waals surface area (Å²) in [4.78, 5) is 44.9. The summed E-state index contributed by atoms with van der Waals surface area (Å²) >= 11 is 1.03. The highest BCUT2D eigenvalue weighted by Gasteiger charge is 2.40. The Morgan fingerprint density at radius 3 is 2.81 bits per heavy atom. The van der Waals surface area contributed by atoms with Crippen molar-refractivity contribution >= 4 is 39.9 Å². The number of para-hydroxylation sites is 1. The first-order chi connectivity index (χ1) is 13.0. The Morgan fingerprint density at radius 1 is 1.26 bits per heavy atom. The molecule has 0 saturated carbocycles. The van der Waals surface area contributed by atoms with Crippen LogP contribution < -0.4 is 0 Å². The molecule has 0 radical (unpaired) electrons. The van der Waals surface area contributed by atoms with Crippen LogP contribution in [-0.2, 0) is 4.79 Å². The second-order valence-electron chi connectivity index (χ2n) is 6.32. The highest BCUT2D eigenvalue weighted by Crippen LogP contribution is 2.25. The topological polar surface area (TPSA) is 124 Å². The summed E-state index contributed by atoms with van der Waals surface area (Å²) in [5.74, 6) is -2.09. The van der Waals surface area contributed by atoms with Crippen LogP contribution in [0.3, 0.4) is 0 Å². The average Bonchev–Trinajstić information content (AvgIpc) is 3.38. The van der Waals surface area contributed by atoms with Gasteiger partial charge in [-0.3, -0.25) is 9.59 Å². The molecular weight excluding hydrogens is 370 g/mol. The Kier molecular flexibility index (Phi) is 4.25. The largest absolute Gasteiger partial charge is 0.480 e. The van der Waals surface area contributed by atoms with Crippen LogP contribution in [0.25, 0.3) is 10.9 Å². The molecule has 3 aromatic rings. The summed E-state index contributed by atoms with van der Waals surface area (Å²) < 4.78 is 0. The first-order valence-electron chi connectivity index (χ1n) is 8.24. The van der Waals surface area contributed by atoms with E-state index in [4.69, 9.17) is 0 Å². The number of carbonyl (C=O) groups is 3. The minimum absolute atomic E-state index is 0.00328. The molecule has 4 rings (SSSR count). The number of aromatic amines is 1. The zero-order valence-electron chi connectivity index (χ0n) is 14.0. The number of aliphatic hydroxyl groups is 1. The lowest BCUT2D eigenvalue weighted by Gasteiger charge is -2.19. The minimum atomic E-state index is -1.18. The van der Waals surface area contributed by atoms with E-state index in [-0.39, 0.29) is 29.5 Å². The number of carboxylic acid groups (broad SMARTS) is 1. The molecule has 0 bridgehead atoms. The predicted octanol–water partition coefficient (Wildman–Crippen LogP) is 1.52. The lowest BCUT2D eigenvalue weighted by molar-refractivity contribution is -0.141. The summed E-state index contributed by atoms with van der Waals surface area (Å²) in [6.45, 7) is -0.0704. The van der Waals surface area contributed by atoms with Crippen LogP contribution in [0.15, 0.2) is 35.8 Å². The summed E-state index contributed by atoms with van der Waals surface area (Å²) in [6.07, 6.45) is 0.695. The maximum Gasteiger partial charge on any atom is 0.326 e. The van der Waals surface area contributed by atoms with Crippen molar-refractivity contribution in [3.05, 3.63) is 52.1 Å². The van der Waals surface area contributed by atoms with E-state index in [2.05, 4.69) is 9.97 Å². The minimum Gasteiger partial charge on any atom is -0.480 e. The van der Waals surface area contributed by atoms with Crippen molar-refractivity contribution in [3.8, 4) is 0 Å². The van der Waals surface area contributed by atoms with E-state index >= 15 is 0 Å². The Balaban J connectivity index is 1.61. The molecule has 27 heavy (non-hydrogen) atoms. The van der Waals surface area contributed by atoms with Crippen molar-refractivity contribution in [3.63, 3.8) is 0 Å². The van der Waals surface area contributed by atoms with E-state index in [1.807, 2.05) is 24.3 Å². The van der Waals surface area contributed by atoms with Crippen molar-refractivity contribution in [2.24, 2.45) is 0 Å². The zero-order valence-corrected chi connectivity index (χ0v) is 14.8. The Bertz CT molecular complexity index is 1060. The number of hydrogen-bond donors (Lipinski definition) is 3. The number of nitrogens with zero attached hydrogens (tertiary/aromatic N) is 2. The number of rotatable bonds is 4. The van der Waals surface area contributed by atoms with E-state index < -0.39 is 24.0 Å². The molecule has 2 aromatic heterocycles. The Hall–Kier alpha value is -3.04. The second-order valence-corrected chi connectivity index (χ2v) is 7.17. The van der Waals surface area contributed by atoms with Crippen LogP contribution in [0.2, 0.25) is 0 Å². The standard InChI is InChI=1S/C18H15N3O5S/c22-9-5-14(18(25)26)21(7-9)17(24)13-8-27-16(20-13)15(23)11-6-19-12-4-2-1-3-10(11)12/h1-4,6,8-9,14,19,22H,5,7H2,(H,25,26)/t9-,14+/m1/s1. The van der Waals surface area contributed by atoms with Crippen molar-refractivity contribution in [1.82, 2.24) is 14.9 Å². The van der Waals surface area contributed by atoms with Gasteiger partial charge in [0.2, 0.25) is 5.78 Å². The highest BCUT2D eigenvalue weighted by atomic mass is 32.1. The predicted molar refractivity (Wildman–Crippen MR) is 96.9 cm³/mol. The third-order valence-electron chi connectivity index (χ3n) is 4.58. The summed E-state index contributed by atoms with van der Waals surface area (Å²) in [6, 6.07) is 6.27. The smallest absolute Gasteiger partial charge is 0.326 e. The number of nitrogens with one attached hydrogen (secondary N) is 1. The van der Waals surface area contributed by atoms with Gasteiger partial charge in [0, 0.05) is 35.4 Å². The van der Waals surface area contributed by atoms with Crippen LogP contribution in [0.5, 0.6) is 0 Å². The molecule has 3 heterocycles. The number of amides is 1. The normalized spacial score (nSPS) is 19.5. The van der Waals surface area contributed by atoms with Gasteiger partial charge >= 0.3 is 5.97 Å². The molecule has 3 N–H and O–H groups in total. The maximum atomic E-state index is 12.8. The van der Waals surface area contributed by atoms with E-state index in [0.717, 1.165) is 27.1 Å². The number of aliphatic hydroxyl groups excluding tert-OH is 1. The van der Waals surface area contributed by atoms with Gasteiger partial charge in [0.25, 0.3) is 5.91 Å². The van der Waals surface area contributed by atoms with Gasteiger partial charge < -0.3 is 20.1 Å². The number of H-pyrrole nitrogens is 1. The number of aliphatic carboxylic acids is 1. The van der Waals surface area contributed by atoms with E-state index in [1.54, 1.807) is 6.20 Å². The molecule has 0 spiro atoms. The monoisotopic (exact) mass is 385 g/mol. The van der Waals surface area contributed by atoms with Gasteiger partial charge in [-0.15, -0.1) is 11.3 Å². The number of carboxylic acids is 1. The number of likely N-dealkylation sites (tertiary alicyclic amines) is 1. The maximum absolute atomic E-state index is 12.8. The van der Waals surface area contributed by atoms with E-state index in [9.17, 15) is 24.6 Å². The quantitative estimate of drug-likeness (QED) is 0.585. The fourth-order valence-corrected chi connectivity index (χ4v) is 4.02. The average molecular weight is 385 g/mol. The van der Waals surface area contributed by atoms with Crippen molar-refractivity contribution in [1.29, 1.82) is 0 Å². The zero-order chi connectivity index (χ0) is 19.1. The van der Waals surface area contributed by atoms with Gasteiger partial charge in [0.15, 0.2) is 5.01 Å². The first-order valence-corrected chi connectivity index (χ1v) is 9.12. The molecule has 8 nitrogen and oxygen atoms in total. The fraction of sp³-hybridized carbons (Fsp3) is 0.222. The van der Waals surface area contributed by atoms with Crippen molar-refractivity contribution in [2.75, 3.05) is 6.54 Å². The van der Waals surface area contributed by atoms with Crippen molar-refractivity contribution in [2.45, 2.75) is 18.6 Å². The third-order valence-corrected chi connectivity index (χ3v) is 5.42. The highest BCUT2D eigenvalue weighted by molar-refractivity contribution is 7.12. The lowest BCUT2D eigenvalue weighted by Crippen LogP contribution is -2.40. The molecule has 0 aliphatic carbocycles. The van der Waals surface area contributed by atoms with E-state index in [0.29, 0.717) is 5.56 Å². The number of ketones is 1. The molecular formula is C18H15N3O5S. The molecule has 138 valence electrons.